The van der Waals surface area contributed by atoms with Crippen molar-refractivity contribution in [2.45, 2.75) is 25.9 Å². The minimum atomic E-state index is -0.840. The summed E-state index contributed by atoms with van der Waals surface area (Å²) >= 11 is 0. The van der Waals surface area contributed by atoms with Gasteiger partial charge in [0.2, 0.25) is 5.91 Å². The Kier molecular flexibility index (Phi) is 4.12. The van der Waals surface area contributed by atoms with E-state index in [1.165, 1.54) is 0 Å². The van der Waals surface area contributed by atoms with Gasteiger partial charge in [-0.15, -0.1) is 0 Å². The lowest BCUT2D eigenvalue weighted by Gasteiger charge is -2.20. The molecule has 0 saturated carbocycles. The Labute approximate surface area is 103 Å². The number of hydrogen-bond acceptors (Lipinski definition) is 3. The maximum atomic E-state index is 11.7. The Balaban J connectivity index is 2.73. The van der Waals surface area contributed by atoms with Crippen LogP contribution in [0.15, 0.2) is 24.3 Å². The Morgan fingerprint density at radius 2 is 1.94 bits per heavy atom. The first-order chi connectivity index (χ1) is 7.82. The van der Waals surface area contributed by atoms with Crippen LogP contribution in [0.5, 0.6) is 0 Å². The molecule has 0 spiro atoms. The third-order valence-electron chi connectivity index (χ3n) is 2.50. The molecule has 3 N–H and O–H groups in total. The van der Waals surface area contributed by atoms with E-state index in [0.29, 0.717) is 6.54 Å². The van der Waals surface area contributed by atoms with Gasteiger partial charge in [-0.25, -0.2) is 0 Å². The summed E-state index contributed by atoms with van der Waals surface area (Å²) in [6.07, 6.45) is 0. The molecule has 0 aliphatic rings. The van der Waals surface area contributed by atoms with Gasteiger partial charge in [0.15, 0.2) is 0 Å². The standard InChI is InChI=1S/C13H21N3O/c1-13(2,14)12(17)15-9-10-7-5-6-8-11(10)16(3)4/h5-8H,9,14H2,1-4H3,(H,15,17). The van der Waals surface area contributed by atoms with Gasteiger partial charge in [0.25, 0.3) is 0 Å². The number of anilines is 1. The number of hydrogen-bond donors (Lipinski definition) is 2. The summed E-state index contributed by atoms with van der Waals surface area (Å²) in [6.45, 7) is 3.88. The molecule has 4 heteroatoms. The van der Waals surface area contributed by atoms with Crippen LogP contribution in [0.3, 0.4) is 0 Å². The SMILES string of the molecule is CN(C)c1ccccc1CNC(=O)C(C)(C)N. The maximum Gasteiger partial charge on any atom is 0.239 e. The van der Waals surface area contributed by atoms with Crippen molar-refractivity contribution in [3.8, 4) is 0 Å². The van der Waals surface area contributed by atoms with Crippen molar-refractivity contribution >= 4 is 11.6 Å². The van der Waals surface area contributed by atoms with Gasteiger partial charge in [0.1, 0.15) is 0 Å². The molecule has 4 nitrogen and oxygen atoms in total. The molecule has 0 heterocycles. The van der Waals surface area contributed by atoms with Crippen LogP contribution >= 0.6 is 0 Å². The topological polar surface area (TPSA) is 58.4 Å². The smallest absolute Gasteiger partial charge is 0.239 e. The number of para-hydroxylation sites is 1. The highest BCUT2D eigenvalue weighted by molar-refractivity contribution is 5.85. The molecule has 0 unspecified atom stereocenters. The van der Waals surface area contributed by atoms with Gasteiger partial charge in [-0.3, -0.25) is 4.79 Å². The van der Waals surface area contributed by atoms with Crippen molar-refractivity contribution in [1.29, 1.82) is 0 Å². The molecule has 1 aromatic rings. The molecule has 94 valence electrons. The molecule has 0 aliphatic heterocycles. The average molecular weight is 235 g/mol. The first-order valence-electron chi connectivity index (χ1n) is 5.65. The molecule has 0 radical (unpaired) electrons. The summed E-state index contributed by atoms with van der Waals surface area (Å²) in [5.74, 6) is -0.147. The number of amides is 1. The lowest BCUT2D eigenvalue weighted by atomic mass is 10.1. The summed E-state index contributed by atoms with van der Waals surface area (Å²) in [7, 11) is 3.96. The number of rotatable bonds is 4. The van der Waals surface area contributed by atoms with Crippen LogP contribution in [-0.2, 0) is 11.3 Å². The number of nitrogens with one attached hydrogen (secondary N) is 1. The van der Waals surface area contributed by atoms with Crippen LogP contribution in [0.1, 0.15) is 19.4 Å². The number of carbonyl (C=O) groups is 1. The number of carbonyl (C=O) groups excluding carboxylic acids is 1. The second kappa shape index (κ2) is 5.19. The fraction of sp³-hybridized carbons (Fsp3) is 0.462. The van der Waals surface area contributed by atoms with Crippen molar-refractivity contribution in [2.75, 3.05) is 19.0 Å². The Bertz CT molecular complexity index is 394. The number of nitrogens with zero attached hydrogens (tertiary/aromatic N) is 1. The second-order valence-electron chi connectivity index (χ2n) is 4.93. The average Bonchev–Trinajstić information content (AvgIpc) is 2.24. The van der Waals surface area contributed by atoms with Gasteiger partial charge in [0, 0.05) is 26.3 Å². The zero-order valence-corrected chi connectivity index (χ0v) is 10.9. The Morgan fingerprint density at radius 3 is 2.47 bits per heavy atom. The largest absolute Gasteiger partial charge is 0.377 e. The number of nitrogens with two attached hydrogens (primary N) is 1. The third-order valence-corrected chi connectivity index (χ3v) is 2.50. The van der Waals surface area contributed by atoms with Crippen molar-refractivity contribution in [3.63, 3.8) is 0 Å². The van der Waals surface area contributed by atoms with Crippen LogP contribution in [-0.4, -0.2) is 25.5 Å². The van der Waals surface area contributed by atoms with Crippen molar-refractivity contribution < 1.29 is 4.79 Å². The molecular formula is C13H21N3O. The summed E-state index contributed by atoms with van der Waals surface area (Å²) in [4.78, 5) is 13.7. The highest BCUT2D eigenvalue weighted by Crippen LogP contribution is 2.17. The minimum absolute atomic E-state index is 0.147. The zero-order valence-electron chi connectivity index (χ0n) is 10.9. The highest BCUT2D eigenvalue weighted by Gasteiger charge is 2.21. The molecule has 17 heavy (non-hydrogen) atoms. The first kappa shape index (κ1) is 13.5. The van der Waals surface area contributed by atoms with Gasteiger partial charge in [-0.2, -0.15) is 0 Å². The fourth-order valence-electron chi connectivity index (χ4n) is 1.50. The van der Waals surface area contributed by atoms with E-state index in [0.717, 1.165) is 11.3 Å². The third kappa shape index (κ3) is 3.75. The molecule has 0 fully saturated rings. The van der Waals surface area contributed by atoms with E-state index in [-0.39, 0.29) is 5.91 Å². The second-order valence-corrected chi connectivity index (χ2v) is 4.93. The number of benzene rings is 1. The summed E-state index contributed by atoms with van der Waals surface area (Å²) in [5, 5.41) is 2.84. The zero-order chi connectivity index (χ0) is 13.1. The molecule has 1 aromatic carbocycles. The van der Waals surface area contributed by atoms with E-state index >= 15 is 0 Å². The van der Waals surface area contributed by atoms with Crippen LogP contribution in [0.2, 0.25) is 0 Å². The lowest BCUT2D eigenvalue weighted by Crippen LogP contribution is -2.48. The summed E-state index contributed by atoms with van der Waals surface area (Å²) < 4.78 is 0. The van der Waals surface area contributed by atoms with Crippen LogP contribution in [0.4, 0.5) is 5.69 Å². The van der Waals surface area contributed by atoms with Gasteiger partial charge in [-0.05, 0) is 25.5 Å². The van der Waals surface area contributed by atoms with E-state index in [2.05, 4.69) is 5.32 Å². The van der Waals surface area contributed by atoms with Crippen molar-refractivity contribution in [2.24, 2.45) is 5.73 Å². The minimum Gasteiger partial charge on any atom is -0.377 e. The highest BCUT2D eigenvalue weighted by atomic mass is 16.2. The van der Waals surface area contributed by atoms with E-state index in [1.54, 1.807) is 13.8 Å². The normalized spacial score (nSPS) is 11.1. The van der Waals surface area contributed by atoms with E-state index in [9.17, 15) is 4.79 Å². The monoisotopic (exact) mass is 235 g/mol. The molecule has 1 amide bonds. The molecule has 0 atom stereocenters. The predicted octanol–water partition coefficient (Wildman–Crippen LogP) is 1.11. The molecule has 1 rings (SSSR count). The summed E-state index contributed by atoms with van der Waals surface area (Å²) in [5.41, 5.74) is 7.06. The van der Waals surface area contributed by atoms with Crippen LogP contribution < -0.4 is 16.0 Å². The Hall–Kier alpha value is -1.55. The van der Waals surface area contributed by atoms with Gasteiger partial charge in [0.05, 0.1) is 5.54 Å². The molecule has 0 aromatic heterocycles. The quantitative estimate of drug-likeness (QED) is 0.822. The Morgan fingerprint density at radius 1 is 1.35 bits per heavy atom. The van der Waals surface area contributed by atoms with E-state index < -0.39 is 5.54 Å². The predicted molar refractivity (Wildman–Crippen MR) is 70.9 cm³/mol. The molecular weight excluding hydrogens is 214 g/mol. The maximum absolute atomic E-state index is 11.7. The summed E-state index contributed by atoms with van der Waals surface area (Å²) in [6, 6.07) is 7.96. The van der Waals surface area contributed by atoms with Crippen molar-refractivity contribution in [3.05, 3.63) is 29.8 Å². The van der Waals surface area contributed by atoms with Gasteiger partial charge < -0.3 is 16.0 Å². The molecule has 0 saturated heterocycles. The fourth-order valence-corrected chi connectivity index (χ4v) is 1.50. The van der Waals surface area contributed by atoms with Crippen LogP contribution in [0, 0.1) is 0 Å². The first-order valence-corrected chi connectivity index (χ1v) is 5.65. The van der Waals surface area contributed by atoms with E-state index in [4.69, 9.17) is 5.73 Å². The van der Waals surface area contributed by atoms with Gasteiger partial charge >= 0.3 is 0 Å². The van der Waals surface area contributed by atoms with Gasteiger partial charge in [-0.1, -0.05) is 18.2 Å². The lowest BCUT2D eigenvalue weighted by molar-refractivity contribution is -0.125. The molecule has 0 aliphatic carbocycles. The molecule has 0 bridgehead atoms. The van der Waals surface area contributed by atoms with E-state index in [1.807, 2.05) is 43.3 Å². The van der Waals surface area contributed by atoms with Crippen LogP contribution in [0.25, 0.3) is 0 Å². The van der Waals surface area contributed by atoms with Crippen molar-refractivity contribution in [1.82, 2.24) is 5.32 Å².